The lowest BCUT2D eigenvalue weighted by Crippen LogP contribution is -2.20. The average Bonchev–Trinajstić information content (AvgIpc) is 2.44. The zero-order valence-electron chi connectivity index (χ0n) is 10.8. The molecular weight excluding hydrogens is 268 g/mol. The van der Waals surface area contributed by atoms with Gasteiger partial charge in [0.2, 0.25) is 0 Å². The van der Waals surface area contributed by atoms with E-state index in [0.29, 0.717) is 0 Å². The monoisotopic (exact) mass is 284 g/mol. The van der Waals surface area contributed by atoms with Crippen LogP contribution in [0.2, 0.25) is 5.02 Å². The molecule has 1 saturated carbocycles. The van der Waals surface area contributed by atoms with Crippen molar-refractivity contribution < 1.29 is 19.4 Å². The third kappa shape index (κ3) is 3.13. The van der Waals surface area contributed by atoms with Gasteiger partial charge in [0.05, 0.1) is 18.8 Å². The first-order valence-electron chi connectivity index (χ1n) is 6.40. The van der Waals surface area contributed by atoms with E-state index in [1.54, 1.807) is 0 Å². The molecule has 0 aromatic heterocycles. The lowest BCUT2D eigenvalue weighted by atomic mass is 9.98. The number of carbonyl (C=O) groups is 1. The first kappa shape index (κ1) is 14.0. The van der Waals surface area contributed by atoms with Crippen molar-refractivity contribution in [2.75, 3.05) is 7.11 Å². The fraction of sp³-hybridized carbons (Fsp3) is 0.500. The van der Waals surface area contributed by atoms with Gasteiger partial charge in [0.1, 0.15) is 5.02 Å². The predicted octanol–water partition coefficient (Wildman–Crippen LogP) is 3.54. The van der Waals surface area contributed by atoms with Crippen LogP contribution in [0.25, 0.3) is 0 Å². The summed E-state index contributed by atoms with van der Waals surface area (Å²) in [6.07, 6.45) is 5.36. The molecule has 1 aromatic rings. The summed E-state index contributed by atoms with van der Waals surface area (Å²) < 4.78 is 10.4. The van der Waals surface area contributed by atoms with Gasteiger partial charge in [-0.2, -0.15) is 0 Å². The summed E-state index contributed by atoms with van der Waals surface area (Å²) in [6.45, 7) is 0. The molecule has 0 spiro atoms. The SMILES string of the molecule is COC(=O)c1ccc(O)c(OC2CCCCC2)c1Cl. The Balaban J connectivity index is 2.25. The number of ether oxygens (including phenoxy) is 2. The van der Waals surface area contributed by atoms with Crippen molar-refractivity contribution >= 4 is 17.6 Å². The minimum absolute atomic E-state index is 0.0463. The van der Waals surface area contributed by atoms with Crippen molar-refractivity contribution in [3.8, 4) is 11.5 Å². The number of halogens is 1. The maximum Gasteiger partial charge on any atom is 0.339 e. The van der Waals surface area contributed by atoms with Crippen LogP contribution in [-0.2, 0) is 4.74 Å². The number of hydrogen-bond donors (Lipinski definition) is 1. The third-order valence-corrected chi connectivity index (χ3v) is 3.69. The van der Waals surface area contributed by atoms with Crippen molar-refractivity contribution in [3.05, 3.63) is 22.7 Å². The van der Waals surface area contributed by atoms with Crippen LogP contribution in [0.5, 0.6) is 11.5 Å². The van der Waals surface area contributed by atoms with Gasteiger partial charge in [-0.1, -0.05) is 18.0 Å². The van der Waals surface area contributed by atoms with Crippen LogP contribution in [0, 0.1) is 0 Å². The molecule has 0 unspecified atom stereocenters. The zero-order chi connectivity index (χ0) is 13.8. The van der Waals surface area contributed by atoms with E-state index in [0.717, 1.165) is 25.7 Å². The molecule has 2 rings (SSSR count). The van der Waals surface area contributed by atoms with Crippen LogP contribution in [0.15, 0.2) is 12.1 Å². The Labute approximate surface area is 117 Å². The van der Waals surface area contributed by atoms with Crippen LogP contribution in [-0.4, -0.2) is 24.3 Å². The number of benzene rings is 1. The number of esters is 1. The molecule has 0 heterocycles. The van der Waals surface area contributed by atoms with Crippen molar-refractivity contribution in [3.63, 3.8) is 0 Å². The summed E-state index contributed by atoms with van der Waals surface area (Å²) in [4.78, 5) is 11.5. The fourth-order valence-electron chi connectivity index (χ4n) is 2.28. The van der Waals surface area contributed by atoms with Crippen LogP contribution < -0.4 is 4.74 Å². The largest absolute Gasteiger partial charge is 0.504 e. The standard InChI is InChI=1S/C14H17ClO4/c1-18-14(17)10-7-8-11(16)13(12(10)15)19-9-5-3-2-4-6-9/h7-9,16H,2-6H2,1H3. The minimum Gasteiger partial charge on any atom is -0.504 e. The number of phenolic OH excluding ortho intramolecular Hbond substituents is 1. The van der Waals surface area contributed by atoms with Gasteiger partial charge in [-0.3, -0.25) is 0 Å². The summed E-state index contributed by atoms with van der Waals surface area (Å²) in [5.41, 5.74) is 0.202. The summed E-state index contributed by atoms with van der Waals surface area (Å²) in [5, 5.41) is 9.95. The van der Waals surface area contributed by atoms with E-state index in [4.69, 9.17) is 16.3 Å². The summed E-state index contributed by atoms with van der Waals surface area (Å²) in [7, 11) is 1.28. The average molecular weight is 285 g/mol. The number of hydrogen-bond acceptors (Lipinski definition) is 4. The second-order valence-electron chi connectivity index (χ2n) is 4.64. The molecule has 1 N–H and O–H groups in total. The van der Waals surface area contributed by atoms with Crippen LogP contribution in [0.4, 0.5) is 0 Å². The molecule has 0 amide bonds. The molecule has 0 aliphatic heterocycles. The molecule has 1 fully saturated rings. The van der Waals surface area contributed by atoms with Gasteiger partial charge in [0, 0.05) is 0 Å². The van der Waals surface area contributed by atoms with E-state index in [1.807, 2.05) is 0 Å². The number of carbonyl (C=O) groups excluding carboxylic acids is 1. The third-order valence-electron chi connectivity index (χ3n) is 3.32. The highest BCUT2D eigenvalue weighted by Crippen LogP contribution is 2.39. The van der Waals surface area contributed by atoms with Gasteiger partial charge in [-0.05, 0) is 37.8 Å². The normalized spacial score (nSPS) is 16.1. The van der Waals surface area contributed by atoms with Crippen LogP contribution >= 0.6 is 11.6 Å². The van der Waals surface area contributed by atoms with E-state index in [2.05, 4.69) is 4.74 Å². The Morgan fingerprint density at radius 2 is 2.00 bits per heavy atom. The molecule has 19 heavy (non-hydrogen) atoms. The molecular formula is C14H17ClO4. The molecule has 1 aliphatic rings. The maximum atomic E-state index is 11.5. The molecule has 4 nitrogen and oxygen atoms in total. The lowest BCUT2D eigenvalue weighted by molar-refractivity contribution is 0.0599. The van der Waals surface area contributed by atoms with E-state index in [1.165, 1.54) is 25.7 Å². The topological polar surface area (TPSA) is 55.8 Å². The number of phenols is 1. The summed E-state index contributed by atoms with van der Waals surface area (Å²) in [5.74, 6) is -0.418. The van der Waals surface area contributed by atoms with Gasteiger partial charge < -0.3 is 14.6 Å². The van der Waals surface area contributed by atoms with Crippen molar-refractivity contribution in [2.24, 2.45) is 0 Å². The quantitative estimate of drug-likeness (QED) is 0.863. The number of aromatic hydroxyl groups is 1. The first-order chi connectivity index (χ1) is 9.13. The van der Waals surface area contributed by atoms with E-state index in [-0.39, 0.29) is 28.2 Å². The summed E-state index contributed by atoms with van der Waals surface area (Å²) >= 11 is 6.12. The number of methoxy groups -OCH3 is 1. The second kappa shape index (κ2) is 6.15. The fourth-order valence-corrected chi connectivity index (χ4v) is 2.56. The highest BCUT2D eigenvalue weighted by Gasteiger charge is 2.22. The molecule has 104 valence electrons. The van der Waals surface area contributed by atoms with Crippen LogP contribution in [0.3, 0.4) is 0 Å². The van der Waals surface area contributed by atoms with E-state index in [9.17, 15) is 9.90 Å². The van der Waals surface area contributed by atoms with Crippen molar-refractivity contribution in [1.82, 2.24) is 0 Å². The van der Waals surface area contributed by atoms with Gasteiger partial charge >= 0.3 is 5.97 Å². The first-order valence-corrected chi connectivity index (χ1v) is 6.77. The van der Waals surface area contributed by atoms with Crippen molar-refractivity contribution in [1.29, 1.82) is 0 Å². The highest BCUT2D eigenvalue weighted by atomic mass is 35.5. The van der Waals surface area contributed by atoms with Crippen molar-refractivity contribution in [2.45, 2.75) is 38.2 Å². The molecule has 1 aromatic carbocycles. The van der Waals surface area contributed by atoms with Crippen LogP contribution in [0.1, 0.15) is 42.5 Å². The Morgan fingerprint density at radius 1 is 1.32 bits per heavy atom. The van der Waals surface area contributed by atoms with Gasteiger partial charge in [0.15, 0.2) is 11.5 Å². The Kier molecular flexibility index (Phi) is 4.53. The Morgan fingerprint density at radius 3 is 2.63 bits per heavy atom. The lowest BCUT2D eigenvalue weighted by Gasteiger charge is -2.24. The Hall–Kier alpha value is -1.42. The minimum atomic E-state index is -0.543. The van der Waals surface area contributed by atoms with Gasteiger partial charge in [-0.25, -0.2) is 4.79 Å². The molecule has 0 saturated heterocycles. The highest BCUT2D eigenvalue weighted by molar-refractivity contribution is 6.35. The second-order valence-corrected chi connectivity index (χ2v) is 5.02. The van der Waals surface area contributed by atoms with Gasteiger partial charge in [0.25, 0.3) is 0 Å². The molecule has 0 radical (unpaired) electrons. The van der Waals surface area contributed by atoms with E-state index < -0.39 is 5.97 Å². The molecule has 1 aliphatic carbocycles. The molecule has 5 heteroatoms. The smallest absolute Gasteiger partial charge is 0.339 e. The predicted molar refractivity (Wildman–Crippen MR) is 72.0 cm³/mol. The molecule has 0 bridgehead atoms. The zero-order valence-corrected chi connectivity index (χ0v) is 11.6. The summed E-state index contributed by atoms with van der Waals surface area (Å²) in [6, 6.07) is 2.83. The Bertz CT molecular complexity index is 467. The number of rotatable bonds is 3. The van der Waals surface area contributed by atoms with Gasteiger partial charge in [-0.15, -0.1) is 0 Å². The maximum absolute atomic E-state index is 11.5. The van der Waals surface area contributed by atoms with E-state index >= 15 is 0 Å². The molecule has 0 atom stereocenters.